The van der Waals surface area contributed by atoms with Crippen LogP contribution in [-0.4, -0.2) is 54.7 Å². The summed E-state index contributed by atoms with van der Waals surface area (Å²) in [6.45, 7) is 2.86. The van der Waals surface area contributed by atoms with Gasteiger partial charge in [0.05, 0.1) is 18.7 Å². The van der Waals surface area contributed by atoms with E-state index in [9.17, 15) is 9.18 Å². The second-order valence-corrected chi connectivity index (χ2v) is 8.80. The first-order chi connectivity index (χ1) is 17.0. The molecule has 35 heavy (non-hydrogen) atoms. The molecule has 10 heteroatoms. The van der Waals surface area contributed by atoms with Crippen molar-refractivity contribution in [2.45, 2.75) is 24.3 Å². The Morgan fingerprint density at radius 3 is 2.63 bits per heavy atom. The van der Waals surface area contributed by atoms with Crippen molar-refractivity contribution in [2.75, 3.05) is 33.6 Å². The van der Waals surface area contributed by atoms with Gasteiger partial charge < -0.3 is 19.3 Å². The van der Waals surface area contributed by atoms with Gasteiger partial charge >= 0.3 is 6.03 Å². The summed E-state index contributed by atoms with van der Waals surface area (Å²) in [7, 11) is 3.03. The lowest BCUT2D eigenvalue weighted by Crippen LogP contribution is -2.46. The van der Waals surface area contributed by atoms with Crippen LogP contribution in [0.3, 0.4) is 0 Å². The third-order valence-electron chi connectivity index (χ3n) is 5.84. The molecule has 0 saturated carbocycles. The standard InChI is InChI=1S/C25H27FN4O4S/c1-15-21(24-28-23(29-34-24)17-8-11-20(33-3)19(26)14-17)22(16-6-9-18(35-4)10-7-16)27-25(31)30(15)12-5-13-32-2/h6-11,14,22H,5,12-13H2,1-4H3,(H,27,31). The Bertz CT molecular complexity index is 1230. The van der Waals surface area contributed by atoms with Crippen LogP contribution in [0.1, 0.15) is 30.8 Å². The van der Waals surface area contributed by atoms with Gasteiger partial charge in [-0.2, -0.15) is 4.98 Å². The lowest BCUT2D eigenvalue weighted by atomic mass is 9.94. The number of carbonyl (C=O) groups is 1. The molecule has 0 fully saturated rings. The molecule has 184 valence electrons. The van der Waals surface area contributed by atoms with Crippen LogP contribution >= 0.6 is 11.8 Å². The molecule has 4 rings (SSSR count). The van der Waals surface area contributed by atoms with E-state index in [0.29, 0.717) is 36.4 Å². The van der Waals surface area contributed by atoms with E-state index < -0.39 is 11.9 Å². The molecule has 1 atom stereocenters. The van der Waals surface area contributed by atoms with Crippen molar-refractivity contribution in [3.05, 3.63) is 65.4 Å². The number of amides is 2. The Hall–Kier alpha value is -3.37. The Balaban J connectivity index is 1.75. The number of urea groups is 1. The van der Waals surface area contributed by atoms with Crippen molar-refractivity contribution < 1.29 is 23.2 Å². The molecule has 1 aliphatic rings. The van der Waals surface area contributed by atoms with Gasteiger partial charge in [-0.05, 0) is 55.5 Å². The Kier molecular flexibility index (Phi) is 7.72. The van der Waals surface area contributed by atoms with E-state index in [0.717, 1.165) is 10.5 Å². The minimum Gasteiger partial charge on any atom is -0.494 e. The number of halogens is 1. The number of thioether (sulfide) groups is 1. The summed E-state index contributed by atoms with van der Waals surface area (Å²) in [5.41, 5.74) is 2.73. The number of methoxy groups -OCH3 is 2. The van der Waals surface area contributed by atoms with Crippen LogP contribution in [0.5, 0.6) is 5.75 Å². The fraction of sp³-hybridized carbons (Fsp3) is 0.320. The number of hydrogen-bond donors (Lipinski definition) is 1. The Morgan fingerprint density at radius 2 is 1.97 bits per heavy atom. The topological polar surface area (TPSA) is 89.7 Å². The van der Waals surface area contributed by atoms with Crippen molar-refractivity contribution in [1.29, 1.82) is 0 Å². The third kappa shape index (κ3) is 5.18. The number of aromatic nitrogens is 2. The molecule has 3 aromatic rings. The van der Waals surface area contributed by atoms with E-state index in [-0.39, 0.29) is 23.5 Å². The van der Waals surface area contributed by atoms with E-state index in [1.807, 2.05) is 37.4 Å². The summed E-state index contributed by atoms with van der Waals surface area (Å²) in [6.07, 6.45) is 2.68. The summed E-state index contributed by atoms with van der Waals surface area (Å²) in [4.78, 5) is 20.4. The van der Waals surface area contributed by atoms with Gasteiger partial charge in [0.25, 0.3) is 5.89 Å². The Morgan fingerprint density at radius 1 is 1.20 bits per heavy atom. The minimum atomic E-state index is -0.521. The zero-order chi connectivity index (χ0) is 24.9. The number of carbonyl (C=O) groups excluding carboxylic acids is 1. The largest absolute Gasteiger partial charge is 0.494 e. The monoisotopic (exact) mass is 498 g/mol. The second-order valence-electron chi connectivity index (χ2n) is 7.93. The van der Waals surface area contributed by atoms with Gasteiger partial charge in [0.1, 0.15) is 0 Å². The lowest BCUT2D eigenvalue weighted by Gasteiger charge is -2.35. The molecule has 1 aromatic heterocycles. The van der Waals surface area contributed by atoms with E-state index in [4.69, 9.17) is 14.0 Å². The highest BCUT2D eigenvalue weighted by Crippen LogP contribution is 2.38. The van der Waals surface area contributed by atoms with Crippen LogP contribution < -0.4 is 10.1 Å². The molecule has 2 aromatic carbocycles. The maximum atomic E-state index is 14.3. The number of ether oxygens (including phenoxy) is 2. The highest BCUT2D eigenvalue weighted by molar-refractivity contribution is 7.98. The fourth-order valence-electron chi connectivity index (χ4n) is 4.00. The number of nitrogens with zero attached hydrogens (tertiary/aromatic N) is 3. The van der Waals surface area contributed by atoms with E-state index >= 15 is 0 Å². The number of rotatable bonds is 9. The molecule has 8 nitrogen and oxygen atoms in total. The fourth-order valence-corrected chi connectivity index (χ4v) is 4.40. The molecule has 1 N–H and O–H groups in total. The lowest BCUT2D eigenvalue weighted by molar-refractivity contribution is 0.174. The van der Waals surface area contributed by atoms with Crippen LogP contribution in [0.25, 0.3) is 17.0 Å². The number of benzene rings is 2. The average molecular weight is 499 g/mol. The molecule has 1 unspecified atom stereocenters. The maximum absolute atomic E-state index is 14.3. The molecule has 2 heterocycles. The van der Waals surface area contributed by atoms with E-state index in [2.05, 4.69) is 15.5 Å². The minimum absolute atomic E-state index is 0.131. The molecule has 0 saturated heterocycles. The maximum Gasteiger partial charge on any atom is 0.322 e. The quantitative estimate of drug-likeness (QED) is 0.323. The molecule has 2 amide bonds. The van der Waals surface area contributed by atoms with Gasteiger partial charge in [0.15, 0.2) is 11.6 Å². The molecule has 0 radical (unpaired) electrons. The average Bonchev–Trinajstić information content (AvgIpc) is 3.35. The van der Waals surface area contributed by atoms with Crippen molar-refractivity contribution in [3.8, 4) is 17.1 Å². The van der Waals surface area contributed by atoms with Crippen molar-refractivity contribution in [2.24, 2.45) is 0 Å². The molecule has 0 bridgehead atoms. The van der Waals surface area contributed by atoms with Gasteiger partial charge in [-0.15, -0.1) is 11.8 Å². The smallest absolute Gasteiger partial charge is 0.322 e. The van der Waals surface area contributed by atoms with Crippen molar-refractivity contribution in [3.63, 3.8) is 0 Å². The van der Waals surface area contributed by atoms with Crippen LogP contribution in [0.4, 0.5) is 9.18 Å². The predicted molar refractivity (Wildman–Crippen MR) is 132 cm³/mol. The van der Waals surface area contributed by atoms with Crippen LogP contribution in [0, 0.1) is 5.82 Å². The first kappa shape index (κ1) is 24.7. The van der Waals surface area contributed by atoms with Crippen LogP contribution in [0.2, 0.25) is 0 Å². The normalized spacial score (nSPS) is 16.0. The molecule has 0 aliphatic carbocycles. The van der Waals surface area contributed by atoms with E-state index in [1.54, 1.807) is 29.8 Å². The van der Waals surface area contributed by atoms with E-state index in [1.165, 1.54) is 19.2 Å². The first-order valence-electron chi connectivity index (χ1n) is 11.1. The summed E-state index contributed by atoms with van der Waals surface area (Å²) in [5, 5.41) is 7.16. The zero-order valence-corrected chi connectivity index (χ0v) is 20.8. The second kappa shape index (κ2) is 10.9. The number of hydrogen-bond acceptors (Lipinski definition) is 7. The predicted octanol–water partition coefficient (Wildman–Crippen LogP) is 5.14. The van der Waals surface area contributed by atoms with Gasteiger partial charge in [0.2, 0.25) is 5.82 Å². The number of nitrogens with one attached hydrogen (secondary N) is 1. The summed E-state index contributed by atoms with van der Waals surface area (Å²) in [5.74, 6) is 0.102. The highest BCUT2D eigenvalue weighted by Gasteiger charge is 2.35. The summed E-state index contributed by atoms with van der Waals surface area (Å²) >= 11 is 1.64. The van der Waals surface area contributed by atoms with Crippen LogP contribution in [-0.2, 0) is 4.74 Å². The summed E-state index contributed by atoms with van der Waals surface area (Å²) < 4.78 is 30.0. The SMILES string of the molecule is COCCCN1C(=O)NC(c2ccc(SC)cc2)C(c2nc(-c3ccc(OC)c(F)c3)no2)=C1C. The van der Waals surface area contributed by atoms with Crippen molar-refractivity contribution >= 4 is 23.4 Å². The van der Waals surface area contributed by atoms with Crippen LogP contribution in [0.15, 0.2) is 57.6 Å². The summed E-state index contributed by atoms with van der Waals surface area (Å²) in [6, 6.07) is 11.7. The molecule has 0 spiro atoms. The Labute approximate surface area is 207 Å². The molecule has 1 aliphatic heterocycles. The van der Waals surface area contributed by atoms with Crippen molar-refractivity contribution in [1.82, 2.24) is 20.4 Å². The first-order valence-corrected chi connectivity index (χ1v) is 12.3. The van der Waals surface area contributed by atoms with Gasteiger partial charge in [-0.3, -0.25) is 4.90 Å². The zero-order valence-electron chi connectivity index (χ0n) is 20.0. The highest BCUT2D eigenvalue weighted by atomic mass is 32.2. The molecular weight excluding hydrogens is 471 g/mol. The number of allylic oxidation sites excluding steroid dienone is 1. The van der Waals surface area contributed by atoms with Gasteiger partial charge in [-0.1, -0.05) is 17.3 Å². The molecular formula is C25H27FN4O4S. The van der Waals surface area contributed by atoms with Gasteiger partial charge in [0, 0.05) is 36.4 Å². The van der Waals surface area contributed by atoms with Gasteiger partial charge in [-0.25, -0.2) is 9.18 Å². The third-order valence-corrected chi connectivity index (χ3v) is 6.59.